The Morgan fingerprint density at radius 1 is 0.423 bits per heavy atom. The van der Waals surface area contributed by atoms with E-state index < -0.39 is 0 Å². The van der Waals surface area contributed by atoms with Crippen molar-refractivity contribution in [3.63, 3.8) is 0 Å². The van der Waals surface area contributed by atoms with E-state index in [1.165, 1.54) is 22.3 Å². The van der Waals surface area contributed by atoms with Gasteiger partial charge in [0.2, 0.25) is 0 Å². The second-order valence-electron chi connectivity index (χ2n) is 13.2. The summed E-state index contributed by atoms with van der Waals surface area (Å²) in [4.78, 5) is 4.62. The molecule has 0 amide bonds. The maximum absolute atomic E-state index is 6.42. The minimum Gasteiger partial charge on any atom is -0.456 e. The predicted octanol–water partition coefficient (Wildman–Crippen LogP) is 13.3. The van der Waals surface area contributed by atoms with Crippen molar-refractivity contribution >= 4 is 43.9 Å². The minimum atomic E-state index is 0. The summed E-state index contributed by atoms with van der Waals surface area (Å²) in [6.45, 7) is 2.08. The minimum absolute atomic E-state index is 0. The van der Waals surface area contributed by atoms with E-state index >= 15 is 0 Å². The van der Waals surface area contributed by atoms with Crippen LogP contribution in [0.25, 0.3) is 99.6 Å². The quantitative estimate of drug-likeness (QED) is 0.162. The van der Waals surface area contributed by atoms with Crippen molar-refractivity contribution in [1.82, 2.24) is 4.98 Å². The monoisotopic (exact) mass is 845 g/mol. The van der Waals surface area contributed by atoms with Crippen molar-refractivity contribution in [1.29, 1.82) is 0 Å². The molecule has 0 aliphatic heterocycles. The van der Waals surface area contributed by atoms with E-state index in [0.717, 1.165) is 83.0 Å². The Kier molecular flexibility index (Phi) is 7.92. The van der Waals surface area contributed by atoms with Gasteiger partial charge in [-0.2, -0.15) is 0 Å². The molecule has 0 saturated heterocycles. The van der Waals surface area contributed by atoms with Crippen LogP contribution in [0.2, 0.25) is 0 Å². The van der Waals surface area contributed by atoms with E-state index in [4.69, 9.17) is 8.83 Å². The molecule has 0 spiro atoms. The fourth-order valence-corrected chi connectivity index (χ4v) is 7.35. The van der Waals surface area contributed by atoms with Crippen LogP contribution in [0.1, 0.15) is 5.56 Å². The van der Waals surface area contributed by atoms with Gasteiger partial charge < -0.3 is 13.8 Å². The number of fused-ring (bicyclic) bond motifs is 6. The van der Waals surface area contributed by atoms with Gasteiger partial charge in [-0.3, -0.25) is 0 Å². The van der Waals surface area contributed by atoms with Gasteiger partial charge in [-0.1, -0.05) is 84.4 Å². The molecular formula is C48H30IrNO2-. The standard InChI is InChI=1S/C48H30NO2.Ir/c1-30-10-9-21-49-48(30)36-16-8-15-33(22-36)34-17-19-44-40(26-34)42-28-43-41-27-35(18-20-45(41)51-47(43)29-46(42)50-44)39-24-37(31-11-4-2-5-12-31)23-38(25-39)32-13-6-3-7-14-32;/h2-15,17-29H,1H3;/q-1;. The van der Waals surface area contributed by atoms with Crippen molar-refractivity contribution in [3.8, 4) is 55.8 Å². The van der Waals surface area contributed by atoms with Crippen molar-refractivity contribution in [2.24, 2.45) is 0 Å². The molecular weight excluding hydrogens is 815 g/mol. The summed E-state index contributed by atoms with van der Waals surface area (Å²) in [5.74, 6) is 0. The van der Waals surface area contributed by atoms with Crippen LogP contribution in [0.4, 0.5) is 0 Å². The number of benzene rings is 7. The summed E-state index contributed by atoms with van der Waals surface area (Å²) in [5, 5.41) is 4.28. The van der Waals surface area contributed by atoms with Gasteiger partial charge in [0.15, 0.2) is 0 Å². The normalized spacial score (nSPS) is 11.4. The number of hydrogen-bond acceptors (Lipinski definition) is 3. The molecule has 0 aliphatic carbocycles. The summed E-state index contributed by atoms with van der Waals surface area (Å²) < 4.78 is 12.8. The summed E-state index contributed by atoms with van der Waals surface area (Å²) in [6.07, 6.45) is 1.83. The summed E-state index contributed by atoms with van der Waals surface area (Å²) in [5.41, 5.74) is 15.7. The molecule has 0 unspecified atom stereocenters. The second-order valence-corrected chi connectivity index (χ2v) is 13.2. The molecule has 3 nitrogen and oxygen atoms in total. The van der Waals surface area contributed by atoms with Crippen LogP contribution in [0.3, 0.4) is 0 Å². The van der Waals surface area contributed by atoms with Gasteiger partial charge in [0, 0.05) is 53.9 Å². The summed E-state index contributed by atoms with van der Waals surface area (Å²) in [7, 11) is 0. The van der Waals surface area contributed by atoms with Crippen molar-refractivity contribution in [2.45, 2.75) is 6.92 Å². The molecule has 0 fully saturated rings. The molecule has 10 rings (SSSR count). The van der Waals surface area contributed by atoms with E-state index in [0.29, 0.717) is 0 Å². The molecule has 0 aliphatic rings. The Hall–Kier alpha value is -6.06. The van der Waals surface area contributed by atoms with Gasteiger partial charge in [0.1, 0.15) is 22.3 Å². The molecule has 4 heteroatoms. The molecule has 3 heterocycles. The zero-order chi connectivity index (χ0) is 33.9. The maximum atomic E-state index is 6.42. The van der Waals surface area contributed by atoms with Crippen LogP contribution >= 0.6 is 0 Å². The maximum Gasteiger partial charge on any atom is 0.139 e. The molecule has 52 heavy (non-hydrogen) atoms. The molecule has 0 bridgehead atoms. The number of pyridine rings is 1. The molecule has 1 radical (unpaired) electrons. The topological polar surface area (TPSA) is 39.2 Å². The number of aryl methyl sites for hydroxylation is 1. The zero-order valence-corrected chi connectivity index (χ0v) is 30.6. The molecule has 10 aromatic rings. The third-order valence-electron chi connectivity index (χ3n) is 9.94. The van der Waals surface area contributed by atoms with Crippen LogP contribution in [-0.2, 0) is 20.1 Å². The van der Waals surface area contributed by atoms with E-state index in [1.54, 1.807) is 0 Å². The van der Waals surface area contributed by atoms with Crippen molar-refractivity contribution in [3.05, 3.63) is 176 Å². The number of furan rings is 2. The molecule has 7 aromatic carbocycles. The van der Waals surface area contributed by atoms with Gasteiger partial charge >= 0.3 is 0 Å². The van der Waals surface area contributed by atoms with Crippen molar-refractivity contribution in [2.75, 3.05) is 0 Å². The van der Waals surface area contributed by atoms with Crippen molar-refractivity contribution < 1.29 is 28.9 Å². The fraction of sp³-hybridized carbons (Fsp3) is 0.0208. The van der Waals surface area contributed by atoms with Crippen LogP contribution in [-0.4, -0.2) is 4.98 Å². The van der Waals surface area contributed by atoms with Crippen LogP contribution in [0.5, 0.6) is 0 Å². The third kappa shape index (κ3) is 5.54. The first-order valence-corrected chi connectivity index (χ1v) is 17.2. The van der Waals surface area contributed by atoms with Gasteiger partial charge in [-0.25, -0.2) is 0 Å². The first-order chi connectivity index (χ1) is 25.1. The fourth-order valence-electron chi connectivity index (χ4n) is 7.35. The van der Waals surface area contributed by atoms with E-state index in [1.807, 2.05) is 24.4 Å². The molecule has 0 atom stereocenters. The summed E-state index contributed by atoms with van der Waals surface area (Å²) >= 11 is 0. The number of aromatic nitrogens is 1. The SMILES string of the molecule is Cc1cccnc1-c1[c-]ccc(-c2ccc3oc4cc5oc6ccc(-c7cc(-c8ccccc8)cc(-c8ccccc8)c7)cc6c5cc4c3c2)c1.[Ir]. The average molecular weight is 845 g/mol. The Morgan fingerprint density at radius 3 is 1.52 bits per heavy atom. The number of hydrogen-bond donors (Lipinski definition) is 0. The van der Waals surface area contributed by atoms with Gasteiger partial charge in [0.05, 0.1) is 0 Å². The first-order valence-electron chi connectivity index (χ1n) is 17.2. The van der Waals surface area contributed by atoms with Crippen LogP contribution < -0.4 is 0 Å². The van der Waals surface area contributed by atoms with Gasteiger partial charge in [-0.15, -0.1) is 35.4 Å². The Balaban J connectivity index is 0.00000360. The number of nitrogens with zero attached hydrogens (tertiary/aromatic N) is 1. The van der Waals surface area contributed by atoms with E-state index in [-0.39, 0.29) is 20.1 Å². The largest absolute Gasteiger partial charge is 0.456 e. The Bertz CT molecular complexity index is 2870. The Labute approximate surface area is 314 Å². The smallest absolute Gasteiger partial charge is 0.139 e. The molecule has 249 valence electrons. The third-order valence-corrected chi connectivity index (χ3v) is 9.94. The zero-order valence-electron chi connectivity index (χ0n) is 28.2. The van der Waals surface area contributed by atoms with Gasteiger partial charge in [0.25, 0.3) is 0 Å². The van der Waals surface area contributed by atoms with E-state index in [2.05, 4.69) is 158 Å². The summed E-state index contributed by atoms with van der Waals surface area (Å²) in [6, 6.07) is 58.9. The molecule has 3 aromatic heterocycles. The first kappa shape index (κ1) is 31.9. The number of rotatable bonds is 5. The van der Waals surface area contributed by atoms with Gasteiger partial charge in [-0.05, 0) is 106 Å². The average Bonchev–Trinajstić information content (AvgIpc) is 3.74. The molecule has 0 saturated carbocycles. The van der Waals surface area contributed by atoms with E-state index in [9.17, 15) is 0 Å². The Morgan fingerprint density at radius 2 is 0.942 bits per heavy atom. The molecule has 0 N–H and O–H groups in total. The van der Waals surface area contributed by atoms with Crippen LogP contribution in [0, 0.1) is 13.0 Å². The second kappa shape index (κ2) is 12.9. The predicted molar refractivity (Wildman–Crippen MR) is 210 cm³/mol. The van der Waals surface area contributed by atoms with Crippen LogP contribution in [0.15, 0.2) is 173 Å².